The van der Waals surface area contributed by atoms with E-state index in [0.717, 1.165) is 28.8 Å². The van der Waals surface area contributed by atoms with E-state index in [4.69, 9.17) is 26.4 Å². The van der Waals surface area contributed by atoms with Crippen molar-refractivity contribution >= 4 is 33.9 Å². The Morgan fingerprint density at radius 3 is 2.46 bits per heavy atom. The monoisotopic (exact) mass is 515 g/mol. The van der Waals surface area contributed by atoms with Gasteiger partial charge in [-0.15, -0.1) is 0 Å². The van der Waals surface area contributed by atoms with Crippen molar-refractivity contribution in [3.63, 3.8) is 0 Å². The number of nitrogens with zero attached hydrogens (tertiary/aromatic N) is 1. The van der Waals surface area contributed by atoms with Crippen LogP contribution in [-0.2, 0) is 19.5 Å². The number of anilines is 1. The number of rotatable bonds is 7. The molecule has 2 heterocycles. The number of methoxy groups -OCH3 is 1. The van der Waals surface area contributed by atoms with Crippen LogP contribution in [0.4, 0.5) is 5.69 Å². The van der Waals surface area contributed by atoms with Gasteiger partial charge in [0.05, 0.1) is 19.2 Å². The molecule has 0 aliphatic carbocycles. The summed E-state index contributed by atoms with van der Waals surface area (Å²) in [6.07, 6.45) is 0.880. The van der Waals surface area contributed by atoms with Gasteiger partial charge >= 0.3 is 0 Å². The van der Waals surface area contributed by atoms with Crippen molar-refractivity contribution in [2.75, 3.05) is 25.6 Å². The number of aryl methyl sites for hydroxylation is 1. The number of hydrogen-bond donors (Lipinski definition) is 2. The third kappa shape index (κ3) is 5.54. The van der Waals surface area contributed by atoms with Crippen LogP contribution in [0, 0.1) is 0 Å². The van der Waals surface area contributed by atoms with E-state index in [0.29, 0.717) is 54.0 Å². The van der Waals surface area contributed by atoms with E-state index in [9.17, 15) is 4.79 Å². The number of aromatic amines is 1. The summed E-state index contributed by atoms with van der Waals surface area (Å²) in [4.78, 5) is 18.1. The van der Waals surface area contributed by atoms with Crippen molar-refractivity contribution in [2.45, 2.75) is 26.4 Å². The van der Waals surface area contributed by atoms with Gasteiger partial charge in [0.25, 0.3) is 5.56 Å². The topological polar surface area (TPSA) is 75.8 Å². The second kappa shape index (κ2) is 10.9. The lowest BCUT2D eigenvalue weighted by molar-refractivity contribution is 0.172. The first-order chi connectivity index (χ1) is 18.0. The molecule has 3 aromatic carbocycles. The highest BCUT2D eigenvalue weighted by Gasteiger charge is 2.18. The number of para-hydroxylation sites is 1. The van der Waals surface area contributed by atoms with Gasteiger partial charge in [0.1, 0.15) is 19.0 Å². The minimum atomic E-state index is -0.166. The molecule has 7 nitrogen and oxygen atoms in total. The number of hydrogen-bond acceptors (Lipinski definition) is 5. The summed E-state index contributed by atoms with van der Waals surface area (Å²) in [5.41, 5.74) is 4.32. The summed E-state index contributed by atoms with van der Waals surface area (Å²) >= 11 is 5.87. The Hall–Kier alpha value is -4.04. The van der Waals surface area contributed by atoms with Gasteiger partial charge in [0.15, 0.2) is 16.6 Å². The number of benzene rings is 3. The Morgan fingerprint density at radius 1 is 1.00 bits per heavy atom. The Kier molecular flexibility index (Phi) is 7.28. The second-order valence-electron chi connectivity index (χ2n) is 8.85. The average Bonchev–Trinajstić information content (AvgIpc) is 2.92. The van der Waals surface area contributed by atoms with Crippen LogP contribution >= 0.6 is 12.2 Å². The third-order valence-electron chi connectivity index (χ3n) is 6.40. The van der Waals surface area contributed by atoms with E-state index in [1.165, 1.54) is 5.56 Å². The van der Waals surface area contributed by atoms with E-state index < -0.39 is 0 Å². The van der Waals surface area contributed by atoms with Gasteiger partial charge < -0.3 is 29.4 Å². The molecular formula is C29H29N3O4S. The van der Waals surface area contributed by atoms with E-state index in [2.05, 4.69) is 23.3 Å². The zero-order chi connectivity index (χ0) is 25.8. The van der Waals surface area contributed by atoms with Gasteiger partial charge in [-0.2, -0.15) is 0 Å². The first-order valence-corrected chi connectivity index (χ1v) is 12.7. The number of pyridine rings is 1. The normalized spacial score (nSPS) is 12.3. The third-order valence-corrected chi connectivity index (χ3v) is 6.76. The fourth-order valence-corrected chi connectivity index (χ4v) is 4.65. The van der Waals surface area contributed by atoms with Crippen molar-refractivity contribution in [3.8, 4) is 17.2 Å². The number of H-pyrrole nitrogens is 1. The molecular weight excluding hydrogens is 486 g/mol. The number of nitrogens with one attached hydrogen (secondary N) is 2. The van der Waals surface area contributed by atoms with Crippen molar-refractivity contribution in [3.05, 3.63) is 93.8 Å². The Labute approximate surface area is 221 Å². The molecule has 1 aromatic heterocycles. The number of thiocarbonyl (C=S) groups is 1. The molecule has 0 saturated heterocycles. The van der Waals surface area contributed by atoms with E-state index in [-0.39, 0.29) is 5.56 Å². The SMILES string of the molecule is CCc1ccccc1NC(=S)N(Cc1ccc(OC)cc1)Cc1cc2cc3c(cc2[nH]c1=O)OCCO3. The largest absolute Gasteiger partial charge is 0.497 e. The highest BCUT2D eigenvalue weighted by molar-refractivity contribution is 7.80. The molecule has 1 aliphatic rings. The maximum atomic E-state index is 13.1. The van der Waals surface area contributed by atoms with Crippen molar-refractivity contribution in [1.29, 1.82) is 0 Å². The van der Waals surface area contributed by atoms with E-state index in [1.54, 1.807) is 7.11 Å². The Balaban J connectivity index is 1.47. The molecule has 8 heteroatoms. The molecule has 1 aliphatic heterocycles. The van der Waals surface area contributed by atoms with Crippen LogP contribution in [0.3, 0.4) is 0 Å². The summed E-state index contributed by atoms with van der Waals surface area (Å²) in [5, 5.41) is 4.82. The lowest BCUT2D eigenvalue weighted by atomic mass is 10.1. The molecule has 37 heavy (non-hydrogen) atoms. The Morgan fingerprint density at radius 2 is 1.73 bits per heavy atom. The van der Waals surface area contributed by atoms with Crippen LogP contribution in [-0.4, -0.2) is 35.3 Å². The summed E-state index contributed by atoms with van der Waals surface area (Å²) in [5.74, 6) is 2.11. The van der Waals surface area contributed by atoms with Gasteiger partial charge in [0.2, 0.25) is 0 Å². The van der Waals surface area contributed by atoms with E-state index in [1.807, 2.05) is 65.6 Å². The van der Waals surface area contributed by atoms with E-state index >= 15 is 0 Å². The van der Waals surface area contributed by atoms with Crippen molar-refractivity contribution in [1.82, 2.24) is 9.88 Å². The Bertz CT molecular complexity index is 1480. The van der Waals surface area contributed by atoms with Gasteiger partial charge in [-0.3, -0.25) is 4.79 Å². The minimum Gasteiger partial charge on any atom is -0.497 e. The molecule has 0 fully saturated rings. The number of fused-ring (bicyclic) bond motifs is 2. The highest BCUT2D eigenvalue weighted by Crippen LogP contribution is 2.33. The summed E-state index contributed by atoms with van der Waals surface area (Å²) < 4.78 is 16.7. The smallest absolute Gasteiger partial charge is 0.253 e. The zero-order valence-electron chi connectivity index (χ0n) is 20.9. The molecule has 190 valence electrons. The van der Waals surface area contributed by atoms with Crippen LogP contribution in [0.2, 0.25) is 0 Å². The fourth-order valence-electron chi connectivity index (χ4n) is 4.41. The zero-order valence-corrected chi connectivity index (χ0v) is 21.7. The van der Waals surface area contributed by atoms with Crippen LogP contribution < -0.4 is 25.1 Å². The van der Waals surface area contributed by atoms with Crippen LogP contribution in [0.5, 0.6) is 17.2 Å². The second-order valence-corrected chi connectivity index (χ2v) is 9.24. The lowest BCUT2D eigenvalue weighted by Gasteiger charge is -2.27. The number of aromatic nitrogens is 1. The maximum absolute atomic E-state index is 13.1. The molecule has 5 rings (SSSR count). The summed E-state index contributed by atoms with van der Waals surface area (Å²) in [7, 11) is 1.64. The van der Waals surface area contributed by atoms with Crippen molar-refractivity contribution < 1.29 is 14.2 Å². The minimum absolute atomic E-state index is 0.166. The number of ether oxygens (including phenoxy) is 3. The fraction of sp³-hybridized carbons (Fsp3) is 0.241. The maximum Gasteiger partial charge on any atom is 0.253 e. The van der Waals surface area contributed by atoms with Gasteiger partial charge in [-0.25, -0.2) is 0 Å². The average molecular weight is 516 g/mol. The molecule has 4 aromatic rings. The quantitative estimate of drug-likeness (QED) is 0.325. The van der Waals surface area contributed by atoms with Crippen LogP contribution in [0.15, 0.2) is 71.5 Å². The van der Waals surface area contributed by atoms with Crippen LogP contribution in [0.25, 0.3) is 10.9 Å². The molecule has 0 amide bonds. The first-order valence-electron chi connectivity index (χ1n) is 12.3. The summed E-state index contributed by atoms with van der Waals surface area (Å²) in [6.45, 7) is 3.95. The molecule has 0 radical (unpaired) electrons. The van der Waals surface area contributed by atoms with Gasteiger partial charge in [-0.1, -0.05) is 37.3 Å². The highest BCUT2D eigenvalue weighted by atomic mass is 32.1. The molecule has 2 N–H and O–H groups in total. The van der Waals surface area contributed by atoms with Gasteiger partial charge in [-0.05, 0) is 60.1 Å². The standard InChI is InChI=1S/C29H29N3O4S/c1-3-20-6-4-5-7-24(20)31-29(37)32(17-19-8-10-23(34-2)11-9-19)18-22-14-21-15-26-27(36-13-12-35-26)16-25(21)30-28(22)33/h4-11,14-16H,3,12-13,17-18H2,1-2H3,(H,30,33)(H,31,37). The predicted molar refractivity (Wildman–Crippen MR) is 150 cm³/mol. The predicted octanol–water partition coefficient (Wildman–Crippen LogP) is 5.27. The lowest BCUT2D eigenvalue weighted by Crippen LogP contribution is -2.35. The van der Waals surface area contributed by atoms with Crippen LogP contribution in [0.1, 0.15) is 23.6 Å². The molecule has 0 saturated carbocycles. The van der Waals surface area contributed by atoms with Crippen molar-refractivity contribution in [2.24, 2.45) is 0 Å². The molecule has 0 spiro atoms. The molecule has 0 unspecified atom stereocenters. The molecule has 0 atom stereocenters. The summed E-state index contributed by atoms with van der Waals surface area (Å²) in [6, 6.07) is 21.6. The first kappa shape index (κ1) is 24.6. The van der Waals surface area contributed by atoms with Gasteiger partial charge in [0, 0.05) is 29.2 Å². The molecule has 0 bridgehead atoms.